The van der Waals surface area contributed by atoms with E-state index >= 15 is 0 Å². The van der Waals surface area contributed by atoms with Crippen LogP contribution in [0.3, 0.4) is 0 Å². The van der Waals surface area contributed by atoms with Crippen LogP contribution in [0.15, 0.2) is 47.3 Å². The van der Waals surface area contributed by atoms with Gasteiger partial charge < -0.3 is 15.2 Å². The van der Waals surface area contributed by atoms with E-state index in [-0.39, 0.29) is 22.7 Å². The number of fused-ring (bicyclic) bond motifs is 1. The van der Waals surface area contributed by atoms with Crippen LogP contribution in [-0.2, 0) is 0 Å². The molecule has 2 aromatic carbocycles. The number of nitrogens with one attached hydrogen (secondary N) is 2. The molecule has 0 spiro atoms. The molecular weight excluding hydrogens is 369 g/mol. The van der Waals surface area contributed by atoms with Crippen molar-refractivity contribution >= 4 is 34.1 Å². The van der Waals surface area contributed by atoms with Crippen LogP contribution in [0.2, 0.25) is 5.02 Å². The van der Waals surface area contributed by atoms with E-state index in [2.05, 4.69) is 10.3 Å². The third kappa shape index (κ3) is 3.66. The Kier molecular flexibility index (Phi) is 5.19. The highest BCUT2D eigenvalue weighted by Gasteiger charge is 2.22. The summed E-state index contributed by atoms with van der Waals surface area (Å²) < 4.78 is 13.3. The number of hydrogen-bond acceptors (Lipinski definition) is 2. The van der Waals surface area contributed by atoms with Crippen molar-refractivity contribution in [3.8, 4) is 0 Å². The maximum atomic E-state index is 13.3. The number of pyridine rings is 1. The fourth-order valence-corrected chi connectivity index (χ4v) is 3.30. The first-order valence-corrected chi connectivity index (χ1v) is 8.77. The summed E-state index contributed by atoms with van der Waals surface area (Å²) in [6, 6.07) is 10.6. The minimum atomic E-state index is -0.549. The summed E-state index contributed by atoms with van der Waals surface area (Å²) in [6.45, 7) is 3.69. The Hall–Kier alpha value is -2.86. The lowest BCUT2D eigenvalue weighted by atomic mass is 9.98. The van der Waals surface area contributed by atoms with E-state index in [4.69, 9.17) is 11.6 Å². The number of carbonyl (C=O) groups excluding carboxylic acids is 1. The number of carbonyl (C=O) groups is 1. The van der Waals surface area contributed by atoms with Gasteiger partial charge in [0.25, 0.3) is 5.56 Å². The Morgan fingerprint density at radius 3 is 2.56 bits per heavy atom. The number of benzene rings is 2. The largest absolute Gasteiger partial charge is 0.326 e. The van der Waals surface area contributed by atoms with Crippen LogP contribution in [0.4, 0.5) is 14.9 Å². The first-order valence-electron chi connectivity index (χ1n) is 8.40. The van der Waals surface area contributed by atoms with Crippen molar-refractivity contribution in [2.75, 3.05) is 12.4 Å². The molecule has 1 aromatic heterocycles. The molecule has 1 unspecified atom stereocenters. The van der Waals surface area contributed by atoms with Gasteiger partial charge in [-0.15, -0.1) is 0 Å². The molecule has 2 N–H and O–H groups in total. The fraction of sp³-hybridized carbons (Fsp3) is 0.200. The normalized spacial score (nSPS) is 12.0. The molecule has 0 aliphatic rings. The minimum Gasteiger partial charge on any atom is -0.326 e. The molecule has 0 fully saturated rings. The molecule has 0 aliphatic carbocycles. The summed E-state index contributed by atoms with van der Waals surface area (Å²) in [6.07, 6.45) is 0. The summed E-state index contributed by atoms with van der Waals surface area (Å²) in [4.78, 5) is 29.2. The van der Waals surface area contributed by atoms with Gasteiger partial charge in [-0.25, -0.2) is 9.18 Å². The first-order chi connectivity index (χ1) is 12.8. The van der Waals surface area contributed by atoms with Crippen LogP contribution in [0.25, 0.3) is 10.8 Å². The summed E-state index contributed by atoms with van der Waals surface area (Å²) in [7, 11) is 1.66. The number of aromatic amines is 1. The standard InChI is InChI=1S/C20H19ClFN3O2/c1-11-18(14-6-4-5-7-15(14)19(26)23-11)12(2)25(3)20(27)24-13-8-9-17(22)16(21)10-13/h4-10,12H,1-3H3,(H,23,26)(H,24,27). The van der Waals surface area contributed by atoms with Gasteiger partial charge in [-0.05, 0) is 43.5 Å². The smallest absolute Gasteiger partial charge is 0.322 e. The average Bonchev–Trinajstić information content (AvgIpc) is 2.64. The van der Waals surface area contributed by atoms with Crippen molar-refractivity contribution in [2.24, 2.45) is 0 Å². The molecule has 140 valence electrons. The van der Waals surface area contributed by atoms with Crippen LogP contribution in [0.5, 0.6) is 0 Å². The van der Waals surface area contributed by atoms with E-state index in [1.54, 1.807) is 19.2 Å². The highest BCUT2D eigenvalue weighted by molar-refractivity contribution is 6.31. The van der Waals surface area contributed by atoms with E-state index in [1.807, 2.05) is 26.0 Å². The summed E-state index contributed by atoms with van der Waals surface area (Å²) >= 11 is 5.76. The second-order valence-electron chi connectivity index (χ2n) is 6.38. The molecule has 0 aliphatic heterocycles. The van der Waals surface area contributed by atoms with Gasteiger partial charge in [0.15, 0.2) is 0 Å². The van der Waals surface area contributed by atoms with Crippen molar-refractivity contribution in [1.29, 1.82) is 0 Å². The van der Waals surface area contributed by atoms with Gasteiger partial charge >= 0.3 is 6.03 Å². The third-order valence-electron chi connectivity index (χ3n) is 4.66. The maximum absolute atomic E-state index is 13.3. The van der Waals surface area contributed by atoms with Crippen LogP contribution in [0, 0.1) is 12.7 Å². The molecule has 0 saturated carbocycles. The number of nitrogens with zero attached hydrogens (tertiary/aromatic N) is 1. The summed E-state index contributed by atoms with van der Waals surface area (Å²) in [5.74, 6) is -0.549. The van der Waals surface area contributed by atoms with E-state index in [0.29, 0.717) is 16.8 Å². The number of H-pyrrole nitrogens is 1. The molecule has 1 atom stereocenters. The Morgan fingerprint density at radius 1 is 1.22 bits per heavy atom. The Morgan fingerprint density at radius 2 is 1.89 bits per heavy atom. The highest BCUT2D eigenvalue weighted by atomic mass is 35.5. The predicted octanol–water partition coefficient (Wildman–Crippen LogP) is 4.85. The second-order valence-corrected chi connectivity index (χ2v) is 6.79. The van der Waals surface area contributed by atoms with Crippen LogP contribution >= 0.6 is 11.6 Å². The lowest BCUT2D eigenvalue weighted by Crippen LogP contribution is -2.34. The first kappa shape index (κ1) is 18.9. The number of aromatic nitrogens is 1. The average molecular weight is 388 g/mol. The summed E-state index contributed by atoms with van der Waals surface area (Å²) in [5, 5.41) is 4.01. The molecule has 5 nitrogen and oxygen atoms in total. The molecule has 0 saturated heterocycles. The summed E-state index contributed by atoms with van der Waals surface area (Å²) in [5.41, 5.74) is 1.80. The zero-order chi connectivity index (χ0) is 19.7. The maximum Gasteiger partial charge on any atom is 0.322 e. The number of aryl methyl sites for hydroxylation is 1. The minimum absolute atomic E-state index is 0.0639. The lowest BCUT2D eigenvalue weighted by molar-refractivity contribution is 0.208. The Bertz CT molecular complexity index is 1080. The van der Waals surface area contributed by atoms with Gasteiger partial charge in [0.05, 0.1) is 11.1 Å². The monoisotopic (exact) mass is 387 g/mol. The van der Waals surface area contributed by atoms with E-state index in [9.17, 15) is 14.0 Å². The van der Waals surface area contributed by atoms with Gasteiger partial charge in [0.2, 0.25) is 0 Å². The molecule has 7 heteroatoms. The van der Waals surface area contributed by atoms with Gasteiger partial charge in [-0.1, -0.05) is 29.8 Å². The number of urea groups is 1. The zero-order valence-electron chi connectivity index (χ0n) is 15.1. The number of amides is 2. The zero-order valence-corrected chi connectivity index (χ0v) is 15.9. The Balaban J connectivity index is 1.92. The van der Waals surface area contributed by atoms with Gasteiger partial charge in [0, 0.05) is 29.4 Å². The van der Waals surface area contributed by atoms with Crippen molar-refractivity contribution in [3.63, 3.8) is 0 Å². The lowest BCUT2D eigenvalue weighted by Gasteiger charge is -2.27. The Labute approximate surface area is 160 Å². The van der Waals surface area contributed by atoms with Crippen molar-refractivity contribution in [2.45, 2.75) is 19.9 Å². The van der Waals surface area contributed by atoms with E-state index < -0.39 is 5.82 Å². The molecule has 0 radical (unpaired) electrons. The molecule has 3 aromatic rings. The van der Waals surface area contributed by atoms with Gasteiger partial charge in [-0.2, -0.15) is 0 Å². The van der Waals surface area contributed by atoms with Crippen LogP contribution in [-0.4, -0.2) is 23.0 Å². The SMILES string of the molecule is Cc1[nH]c(=O)c2ccccc2c1C(C)N(C)C(=O)Nc1ccc(F)c(Cl)c1. The van der Waals surface area contributed by atoms with E-state index in [0.717, 1.165) is 10.9 Å². The predicted molar refractivity (Wildman–Crippen MR) is 106 cm³/mol. The van der Waals surface area contributed by atoms with Crippen molar-refractivity contribution in [1.82, 2.24) is 9.88 Å². The topological polar surface area (TPSA) is 65.2 Å². The van der Waals surface area contributed by atoms with E-state index in [1.165, 1.54) is 23.1 Å². The molecule has 1 heterocycles. The van der Waals surface area contributed by atoms with Crippen LogP contribution in [0.1, 0.15) is 24.2 Å². The molecule has 27 heavy (non-hydrogen) atoms. The molecule has 0 bridgehead atoms. The number of anilines is 1. The van der Waals surface area contributed by atoms with Gasteiger partial charge in [-0.3, -0.25) is 4.79 Å². The fourth-order valence-electron chi connectivity index (χ4n) is 3.12. The second kappa shape index (κ2) is 7.40. The molecule has 3 rings (SSSR count). The van der Waals surface area contributed by atoms with Crippen molar-refractivity contribution < 1.29 is 9.18 Å². The number of rotatable bonds is 3. The third-order valence-corrected chi connectivity index (χ3v) is 4.95. The highest BCUT2D eigenvalue weighted by Crippen LogP contribution is 2.28. The van der Waals surface area contributed by atoms with Crippen molar-refractivity contribution in [3.05, 3.63) is 74.9 Å². The van der Waals surface area contributed by atoms with Crippen LogP contribution < -0.4 is 10.9 Å². The molecular formula is C20H19ClFN3O2. The molecule has 2 amide bonds. The number of halogens is 2. The van der Waals surface area contributed by atoms with Gasteiger partial charge in [0.1, 0.15) is 5.82 Å². The quantitative estimate of drug-likeness (QED) is 0.674. The number of hydrogen-bond donors (Lipinski definition) is 2.